The van der Waals surface area contributed by atoms with Crippen LogP contribution in [0, 0.1) is 5.41 Å². The molecule has 0 radical (unpaired) electrons. The number of aliphatic hydroxyl groups excluding tert-OH is 1. The van der Waals surface area contributed by atoms with Gasteiger partial charge >= 0.3 is 0 Å². The van der Waals surface area contributed by atoms with Gasteiger partial charge in [0.2, 0.25) is 0 Å². The number of fused-ring (bicyclic) bond motifs is 1. The second-order valence-corrected chi connectivity index (χ2v) is 6.68. The first-order chi connectivity index (χ1) is 8.31. The van der Waals surface area contributed by atoms with Crippen LogP contribution in [0.2, 0.25) is 0 Å². The lowest BCUT2D eigenvalue weighted by Gasteiger charge is -2.15. The predicted octanol–water partition coefficient (Wildman–Crippen LogP) is 2.07. The predicted molar refractivity (Wildman–Crippen MR) is 71.4 cm³/mol. The molecule has 0 spiro atoms. The lowest BCUT2D eigenvalue weighted by Crippen LogP contribution is -2.31. The first kappa shape index (κ1) is 11.6. The van der Waals surface area contributed by atoms with Crippen molar-refractivity contribution in [3.8, 4) is 0 Å². The van der Waals surface area contributed by atoms with Crippen LogP contribution < -0.4 is 5.32 Å². The van der Waals surface area contributed by atoms with Gasteiger partial charge in [-0.15, -0.1) is 11.8 Å². The molecule has 17 heavy (non-hydrogen) atoms. The topological polar surface area (TPSA) is 32.3 Å². The van der Waals surface area contributed by atoms with Gasteiger partial charge in [0.25, 0.3) is 0 Å². The number of nitrogens with one attached hydrogen (secondary N) is 1. The van der Waals surface area contributed by atoms with Gasteiger partial charge in [-0.1, -0.05) is 18.2 Å². The number of hydrogen-bond donors (Lipinski definition) is 2. The molecule has 1 fully saturated rings. The van der Waals surface area contributed by atoms with Gasteiger partial charge in [0.1, 0.15) is 0 Å². The number of rotatable bonds is 5. The maximum atomic E-state index is 9.25. The highest BCUT2D eigenvalue weighted by Crippen LogP contribution is 2.44. The SMILES string of the molecule is OCC1(CNCC2Cc3ccccc3S2)CC1. The van der Waals surface area contributed by atoms with Gasteiger partial charge in [-0.05, 0) is 30.9 Å². The van der Waals surface area contributed by atoms with Crippen molar-refractivity contribution in [3.05, 3.63) is 29.8 Å². The fourth-order valence-corrected chi connectivity index (χ4v) is 3.72. The first-order valence-electron chi connectivity index (χ1n) is 6.37. The molecule has 1 atom stereocenters. The highest BCUT2D eigenvalue weighted by molar-refractivity contribution is 8.00. The Bertz CT molecular complexity index is 378. The number of hydrogen-bond acceptors (Lipinski definition) is 3. The molecule has 1 heterocycles. The summed E-state index contributed by atoms with van der Waals surface area (Å²) in [6.45, 7) is 2.38. The van der Waals surface area contributed by atoms with Crippen LogP contribution in [-0.2, 0) is 6.42 Å². The van der Waals surface area contributed by atoms with E-state index >= 15 is 0 Å². The summed E-state index contributed by atoms with van der Waals surface area (Å²) in [6, 6.07) is 8.70. The Morgan fingerprint density at radius 3 is 2.88 bits per heavy atom. The van der Waals surface area contributed by atoms with E-state index in [4.69, 9.17) is 0 Å². The summed E-state index contributed by atoms with van der Waals surface area (Å²) in [5.74, 6) is 0. The quantitative estimate of drug-likeness (QED) is 0.838. The second-order valence-electron chi connectivity index (χ2n) is 5.34. The Morgan fingerprint density at radius 2 is 2.18 bits per heavy atom. The number of thioether (sulfide) groups is 1. The molecule has 1 aliphatic heterocycles. The van der Waals surface area contributed by atoms with Crippen molar-refractivity contribution in [2.24, 2.45) is 5.41 Å². The maximum Gasteiger partial charge on any atom is 0.0499 e. The van der Waals surface area contributed by atoms with E-state index in [1.54, 1.807) is 0 Å². The maximum absolute atomic E-state index is 9.25. The van der Waals surface area contributed by atoms with Crippen molar-refractivity contribution in [1.82, 2.24) is 5.32 Å². The Labute approximate surface area is 107 Å². The zero-order valence-corrected chi connectivity index (χ0v) is 10.8. The molecule has 3 heteroatoms. The van der Waals surface area contributed by atoms with Crippen LogP contribution in [0.3, 0.4) is 0 Å². The largest absolute Gasteiger partial charge is 0.396 e. The van der Waals surface area contributed by atoms with Crippen LogP contribution in [0.5, 0.6) is 0 Å². The third kappa shape index (κ3) is 2.51. The van der Waals surface area contributed by atoms with Crippen LogP contribution in [0.1, 0.15) is 18.4 Å². The molecule has 1 aromatic carbocycles. The van der Waals surface area contributed by atoms with Crippen molar-refractivity contribution < 1.29 is 5.11 Å². The lowest BCUT2D eigenvalue weighted by molar-refractivity contribution is 0.208. The Morgan fingerprint density at radius 1 is 1.35 bits per heavy atom. The molecule has 1 saturated carbocycles. The lowest BCUT2D eigenvalue weighted by atomic mass is 10.1. The molecule has 3 rings (SSSR count). The highest BCUT2D eigenvalue weighted by atomic mass is 32.2. The molecule has 1 aliphatic carbocycles. The summed E-state index contributed by atoms with van der Waals surface area (Å²) in [4.78, 5) is 1.45. The number of aliphatic hydroxyl groups is 1. The Balaban J connectivity index is 1.46. The van der Waals surface area contributed by atoms with Crippen LogP contribution in [-0.4, -0.2) is 30.1 Å². The monoisotopic (exact) mass is 249 g/mol. The molecular weight excluding hydrogens is 230 g/mol. The first-order valence-corrected chi connectivity index (χ1v) is 7.25. The van der Waals surface area contributed by atoms with E-state index in [0.717, 1.165) is 13.1 Å². The minimum atomic E-state index is 0.232. The molecule has 0 saturated heterocycles. The summed E-state index contributed by atoms with van der Waals surface area (Å²) < 4.78 is 0. The third-order valence-electron chi connectivity index (χ3n) is 3.88. The molecule has 2 N–H and O–H groups in total. The molecular formula is C14H19NOS. The van der Waals surface area contributed by atoms with Crippen molar-refractivity contribution in [1.29, 1.82) is 0 Å². The van der Waals surface area contributed by atoms with E-state index in [0.29, 0.717) is 11.9 Å². The highest BCUT2D eigenvalue weighted by Gasteiger charge is 2.41. The summed E-state index contributed by atoms with van der Waals surface area (Å²) in [7, 11) is 0. The van der Waals surface area contributed by atoms with E-state index in [9.17, 15) is 5.11 Å². The average molecular weight is 249 g/mol. The Kier molecular flexibility index (Phi) is 3.16. The fourth-order valence-electron chi connectivity index (χ4n) is 2.43. The molecule has 2 aliphatic rings. The van der Waals surface area contributed by atoms with Crippen molar-refractivity contribution in [2.75, 3.05) is 19.7 Å². The second kappa shape index (κ2) is 4.63. The summed E-state index contributed by atoms with van der Waals surface area (Å²) in [5.41, 5.74) is 1.73. The minimum absolute atomic E-state index is 0.232. The van der Waals surface area contributed by atoms with E-state index in [2.05, 4.69) is 29.6 Å². The van der Waals surface area contributed by atoms with Crippen molar-refractivity contribution >= 4 is 11.8 Å². The third-order valence-corrected chi connectivity index (χ3v) is 5.20. The number of benzene rings is 1. The van der Waals surface area contributed by atoms with Gasteiger partial charge in [0.15, 0.2) is 0 Å². The van der Waals surface area contributed by atoms with Gasteiger partial charge in [-0.2, -0.15) is 0 Å². The summed E-state index contributed by atoms with van der Waals surface area (Å²) in [5, 5.41) is 13.4. The average Bonchev–Trinajstić information content (AvgIpc) is 3.01. The van der Waals surface area contributed by atoms with Gasteiger partial charge < -0.3 is 10.4 Å². The minimum Gasteiger partial charge on any atom is -0.396 e. The van der Waals surface area contributed by atoms with Crippen molar-refractivity contribution in [2.45, 2.75) is 29.4 Å². The van der Waals surface area contributed by atoms with Crippen LogP contribution in [0.15, 0.2) is 29.2 Å². The Hall–Kier alpha value is -0.510. The molecule has 1 aromatic rings. The van der Waals surface area contributed by atoms with Gasteiger partial charge in [-0.3, -0.25) is 0 Å². The smallest absolute Gasteiger partial charge is 0.0499 e. The van der Waals surface area contributed by atoms with Gasteiger partial charge in [0, 0.05) is 35.3 Å². The van der Waals surface area contributed by atoms with Crippen LogP contribution in [0.25, 0.3) is 0 Å². The molecule has 92 valence electrons. The van der Waals surface area contributed by atoms with Crippen molar-refractivity contribution in [3.63, 3.8) is 0 Å². The van der Waals surface area contributed by atoms with Gasteiger partial charge in [-0.25, -0.2) is 0 Å². The molecule has 0 amide bonds. The molecule has 1 unspecified atom stereocenters. The van der Waals surface area contributed by atoms with E-state index in [-0.39, 0.29) is 5.41 Å². The summed E-state index contributed by atoms with van der Waals surface area (Å²) >= 11 is 1.99. The zero-order valence-electron chi connectivity index (χ0n) is 9.98. The normalized spacial score (nSPS) is 24.6. The molecule has 0 bridgehead atoms. The van der Waals surface area contributed by atoms with Crippen LogP contribution in [0.4, 0.5) is 0 Å². The summed E-state index contributed by atoms with van der Waals surface area (Å²) in [6.07, 6.45) is 3.56. The van der Waals surface area contributed by atoms with Crippen LogP contribution >= 0.6 is 11.8 Å². The fraction of sp³-hybridized carbons (Fsp3) is 0.571. The van der Waals surface area contributed by atoms with E-state index in [1.165, 1.54) is 29.7 Å². The van der Waals surface area contributed by atoms with E-state index in [1.807, 2.05) is 11.8 Å². The zero-order chi connectivity index (χ0) is 11.7. The van der Waals surface area contributed by atoms with E-state index < -0.39 is 0 Å². The van der Waals surface area contributed by atoms with Gasteiger partial charge in [0.05, 0.1) is 0 Å². The molecule has 0 aromatic heterocycles. The standard InChI is InChI=1S/C14H19NOS/c16-10-14(5-6-14)9-15-8-12-7-11-3-1-2-4-13(11)17-12/h1-4,12,15-16H,5-10H2. The molecule has 2 nitrogen and oxygen atoms in total.